The highest BCUT2D eigenvalue weighted by Gasteiger charge is 2.36. The van der Waals surface area contributed by atoms with E-state index in [1.165, 1.54) is 6.08 Å². The fourth-order valence-electron chi connectivity index (χ4n) is 3.37. The van der Waals surface area contributed by atoms with Crippen molar-refractivity contribution < 1.29 is 23.9 Å². The number of imide groups is 2. The second-order valence-corrected chi connectivity index (χ2v) is 8.78. The van der Waals surface area contributed by atoms with Gasteiger partial charge < -0.3 is 9.47 Å². The zero-order chi connectivity index (χ0) is 25.7. The van der Waals surface area contributed by atoms with Gasteiger partial charge in [0, 0.05) is 10.6 Å². The molecular formula is C27H18BrClN2O5. The largest absolute Gasteiger partial charge is 0.489 e. The van der Waals surface area contributed by atoms with Crippen LogP contribution in [0.15, 0.2) is 76.8 Å². The van der Waals surface area contributed by atoms with Crippen molar-refractivity contribution in [1.29, 1.82) is 0 Å². The molecule has 0 aromatic heterocycles. The molecule has 1 saturated heterocycles. The number of amides is 4. The number of hydrogen-bond acceptors (Lipinski definition) is 5. The third kappa shape index (κ3) is 5.60. The second-order valence-electron chi connectivity index (χ2n) is 7.51. The number of carbonyl (C=O) groups excluding carboxylic acids is 3. The van der Waals surface area contributed by atoms with Crippen LogP contribution in [0.25, 0.3) is 6.08 Å². The van der Waals surface area contributed by atoms with Crippen LogP contribution in [0.4, 0.5) is 10.5 Å². The van der Waals surface area contributed by atoms with Gasteiger partial charge >= 0.3 is 6.03 Å². The quantitative estimate of drug-likeness (QED) is 0.237. The molecule has 0 atom stereocenters. The molecule has 3 aromatic carbocycles. The van der Waals surface area contributed by atoms with Crippen molar-refractivity contribution >= 4 is 57.1 Å². The van der Waals surface area contributed by atoms with Crippen molar-refractivity contribution in [2.24, 2.45) is 0 Å². The molecule has 4 rings (SSSR count). The summed E-state index contributed by atoms with van der Waals surface area (Å²) in [6.07, 6.45) is 6.61. The smallest absolute Gasteiger partial charge is 0.335 e. The van der Waals surface area contributed by atoms with Crippen LogP contribution in [0.2, 0.25) is 5.02 Å². The molecule has 1 fully saturated rings. The Labute approximate surface area is 220 Å². The molecule has 9 heteroatoms. The van der Waals surface area contributed by atoms with Crippen molar-refractivity contribution in [3.05, 3.63) is 92.9 Å². The first-order chi connectivity index (χ1) is 17.4. The summed E-state index contributed by atoms with van der Waals surface area (Å²) >= 11 is 9.53. The summed E-state index contributed by atoms with van der Waals surface area (Å²) in [5.74, 6) is 1.87. The van der Waals surface area contributed by atoms with Gasteiger partial charge in [-0.2, -0.15) is 0 Å². The number of benzene rings is 3. The van der Waals surface area contributed by atoms with Gasteiger partial charge in [0.25, 0.3) is 11.8 Å². The van der Waals surface area contributed by atoms with Gasteiger partial charge in [0.1, 0.15) is 30.3 Å². The Bertz CT molecular complexity index is 1410. The average molecular weight is 566 g/mol. The molecule has 3 aromatic rings. The molecule has 4 amide bonds. The second kappa shape index (κ2) is 11.1. The van der Waals surface area contributed by atoms with Gasteiger partial charge in [0.2, 0.25) is 0 Å². The van der Waals surface area contributed by atoms with E-state index in [0.717, 1.165) is 10.5 Å². The number of rotatable bonds is 7. The molecule has 1 aliphatic rings. The van der Waals surface area contributed by atoms with Crippen molar-refractivity contribution in [3.8, 4) is 23.8 Å². The highest BCUT2D eigenvalue weighted by molar-refractivity contribution is 9.10. The van der Waals surface area contributed by atoms with Crippen molar-refractivity contribution in [2.75, 3.05) is 11.5 Å². The lowest BCUT2D eigenvalue weighted by Crippen LogP contribution is -2.54. The summed E-state index contributed by atoms with van der Waals surface area (Å²) in [6, 6.07) is 17.8. The van der Waals surface area contributed by atoms with Gasteiger partial charge in [0.15, 0.2) is 0 Å². The molecule has 0 bridgehead atoms. The van der Waals surface area contributed by atoms with Crippen LogP contribution in [0.5, 0.6) is 11.5 Å². The van der Waals surface area contributed by atoms with Gasteiger partial charge in [0.05, 0.1) is 10.2 Å². The number of ether oxygens (including phenoxy) is 2. The van der Waals surface area contributed by atoms with Crippen LogP contribution in [0.3, 0.4) is 0 Å². The number of nitrogens with zero attached hydrogens (tertiary/aromatic N) is 1. The number of halogens is 2. The predicted octanol–water partition coefficient (Wildman–Crippen LogP) is 5.36. The molecule has 0 spiro atoms. The maximum Gasteiger partial charge on any atom is 0.335 e. The normalized spacial score (nSPS) is 14.4. The van der Waals surface area contributed by atoms with Crippen molar-refractivity contribution in [1.82, 2.24) is 5.32 Å². The Balaban J connectivity index is 1.52. The van der Waals surface area contributed by atoms with E-state index in [4.69, 9.17) is 27.5 Å². The molecule has 0 aliphatic carbocycles. The third-order valence-electron chi connectivity index (χ3n) is 5.13. The van der Waals surface area contributed by atoms with Gasteiger partial charge in [-0.05, 0) is 70.0 Å². The van der Waals surface area contributed by atoms with E-state index in [2.05, 4.69) is 27.2 Å². The SMILES string of the molecule is C#CCOc1ccc(/C=C2\C(=O)NC(=O)N(c3ccc(OCc4ccccc4Cl)cc3)C2=O)cc1Br. The zero-order valence-corrected chi connectivity index (χ0v) is 21.0. The van der Waals surface area contributed by atoms with Gasteiger partial charge in [-0.1, -0.05) is 41.8 Å². The summed E-state index contributed by atoms with van der Waals surface area (Å²) in [7, 11) is 0. The average Bonchev–Trinajstić information content (AvgIpc) is 2.86. The molecule has 1 heterocycles. The lowest BCUT2D eigenvalue weighted by Gasteiger charge is -2.26. The van der Waals surface area contributed by atoms with E-state index in [0.29, 0.717) is 26.6 Å². The van der Waals surface area contributed by atoms with Gasteiger partial charge in [-0.15, -0.1) is 6.42 Å². The minimum Gasteiger partial charge on any atom is -0.489 e. The van der Waals surface area contributed by atoms with Crippen LogP contribution < -0.4 is 19.7 Å². The molecule has 7 nitrogen and oxygen atoms in total. The topological polar surface area (TPSA) is 84.9 Å². The first-order valence-corrected chi connectivity index (χ1v) is 11.8. The van der Waals surface area contributed by atoms with Crippen LogP contribution in [-0.2, 0) is 16.2 Å². The van der Waals surface area contributed by atoms with Gasteiger partial charge in [-0.25, -0.2) is 9.69 Å². The predicted molar refractivity (Wildman–Crippen MR) is 140 cm³/mol. The molecular weight excluding hydrogens is 548 g/mol. The van der Waals surface area contributed by atoms with Crippen molar-refractivity contribution in [2.45, 2.75) is 6.61 Å². The van der Waals surface area contributed by atoms with Crippen LogP contribution >= 0.6 is 27.5 Å². The Kier molecular flexibility index (Phi) is 7.74. The van der Waals surface area contributed by atoms with Crippen LogP contribution in [0, 0.1) is 12.3 Å². The molecule has 1 aliphatic heterocycles. The molecule has 0 unspecified atom stereocenters. The maximum absolute atomic E-state index is 13.1. The Hall–Kier alpha value is -4.06. The molecule has 0 saturated carbocycles. The first-order valence-electron chi connectivity index (χ1n) is 10.6. The van der Waals surface area contributed by atoms with Crippen LogP contribution in [0.1, 0.15) is 11.1 Å². The van der Waals surface area contributed by atoms with E-state index in [1.807, 2.05) is 18.2 Å². The highest BCUT2D eigenvalue weighted by atomic mass is 79.9. The number of hydrogen-bond donors (Lipinski definition) is 1. The summed E-state index contributed by atoms with van der Waals surface area (Å²) in [6.45, 7) is 0.354. The molecule has 0 radical (unpaired) electrons. The van der Waals surface area contributed by atoms with E-state index < -0.39 is 17.8 Å². The fourth-order valence-corrected chi connectivity index (χ4v) is 4.07. The van der Waals surface area contributed by atoms with Gasteiger partial charge in [-0.3, -0.25) is 14.9 Å². The summed E-state index contributed by atoms with van der Waals surface area (Å²) < 4.78 is 11.7. The zero-order valence-electron chi connectivity index (χ0n) is 18.7. The number of carbonyl (C=O) groups is 3. The summed E-state index contributed by atoms with van der Waals surface area (Å²) in [5.41, 5.74) is 1.45. The van der Waals surface area contributed by atoms with Crippen molar-refractivity contribution in [3.63, 3.8) is 0 Å². The third-order valence-corrected chi connectivity index (χ3v) is 6.12. The Morgan fingerprint density at radius 3 is 2.47 bits per heavy atom. The molecule has 36 heavy (non-hydrogen) atoms. The number of anilines is 1. The minimum atomic E-state index is -0.842. The Morgan fingerprint density at radius 1 is 1.03 bits per heavy atom. The number of barbiturate groups is 1. The van der Waals surface area contributed by atoms with Crippen LogP contribution in [-0.4, -0.2) is 24.5 Å². The number of urea groups is 1. The summed E-state index contributed by atoms with van der Waals surface area (Å²) in [5, 5.41) is 2.80. The number of terminal acetylenes is 1. The molecule has 180 valence electrons. The maximum atomic E-state index is 13.1. The lowest BCUT2D eigenvalue weighted by atomic mass is 10.1. The van der Waals surface area contributed by atoms with E-state index in [9.17, 15) is 14.4 Å². The fraction of sp³-hybridized carbons (Fsp3) is 0.0741. The van der Waals surface area contributed by atoms with E-state index in [-0.39, 0.29) is 24.5 Å². The molecule has 1 N–H and O–H groups in total. The minimum absolute atomic E-state index is 0.0980. The van der Waals surface area contributed by atoms with E-state index in [1.54, 1.807) is 48.5 Å². The lowest BCUT2D eigenvalue weighted by molar-refractivity contribution is -0.122. The van der Waals surface area contributed by atoms with E-state index >= 15 is 0 Å². The first kappa shape index (κ1) is 25.0. The Morgan fingerprint density at radius 2 is 1.78 bits per heavy atom. The standard InChI is InChI=1S/C27H18BrClN2O5/c1-2-13-35-24-12-7-17(15-22(24)28)14-21-25(32)30-27(34)31(26(21)33)19-8-10-20(11-9-19)36-16-18-5-3-4-6-23(18)29/h1,3-12,14-15H,13,16H2,(H,30,32,34)/b21-14+. The number of nitrogens with one attached hydrogen (secondary N) is 1. The monoisotopic (exact) mass is 564 g/mol. The summed E-state index contributed by atoms with van der Waals surface area (Å²) in [4.78, 5) is 39.0. The highest BCUT2D eigenvalue weighted by Crippen LogP contribution is 2.29.